The number of nitrogens with zero attached hydrogens (tertiary/aromatic N) is 1. The molecule has 0 heterocycles. The highest BCUT2D eigenvalue weighted by atomic mass is 31.2. The number of benzene rings is 1. The number of hydrogen-bond acceptors (Lipinski definition) is 10. The second-order valence-electron chi connectivity index (χ2n) is 15.4. The van der Waals surface area contributed by atoms with E-state index in [1.54, 1.807) is 0 Å². The van der Waals surface area contributed by atoms with E-state index in [0.717, 1.165) is 38.5 Å². The molecule has 1 aromatic carbocycles. The van der Waals surface area contributed by atoms with Crippen molar-refractivity contribution in [2.24, 2.45) is 0 Å². The number of non-ortho nitro benzene ring substituents is 1. The SMILES string of the molecule is CCCCCCCCCCCCCCCC(=O)OC[C@H](COP(=O)(O)OCCNC(=O)c1ccc([N+](=O)[O-])cc1)OC(=O)CCCCCCCCCCCCCCC. The largest absolute Gasteiger partial charge is 0.472 e. The molecule has 0 aliphatic heterocycles. The van der Waals surface area contributed by atoms with Crippen molar-refractivity contribution in [3.63, 3.8) is 0 Å². The predicted octanol–water partition coefficient (Wildman–Crippen LogP) is 11.9. The quantitative estimate of drug-likeness (QED) is 0.0211. The fourth-order valence-electron chi connectivity index (χ4n) is 6.57. The van der Waals surface area contributed by atoms with Crippen LogP contribution in [0.3, 0.4) is 0 Å². The number of nitrogens with one attached hydrogen (secondary N) is 1. The van der Waals surface area contributed by atoms with Crippen LogP contribution in [0.1, 0.15) is 204 Å². The molecule has 0 aliphatic rings. The van der Waals surface area contributed by atoms with E-state index in [1.165, 1.54) is 140 Å². The van der Waals surface area contributed by atoms with Crippen molar-refractivity contribution in [2.45, 2.75) is 200 Å². The maximum absolute atomic E-state index is 12.7. The highest BCUT2D eigenvalue weighted by molar-refractivity contribution is 7.47. The average Bonchev–Trinajstić information content (AvgIpc) is 3.21. The molecule has 0 aliphatic carbocycles. The minimum absolute atomic E-state index is 0.155. The van der Waals surface area contributed by atoms with Crippen LogP contribution >= 0.6 is 7.82 Å². The monoisotopic (exact) mass is 841 g/mol. The van der Waals surface area contributed by atoms with Gasteiger partial charge in [-0.3, -0.25) is 33.5 Å². The zero-order valence-electron chi connectivity index (χ0n) is 35.9. The summed E-state index contributed by atoms with van der Waals surface area (Å²) in [6.45, 7) is 3.06. The standard InChI is InChI=1S/C44H77N2O11P/c1-3-5-7-9-11-13-15-17-19-21-23-25-27-29-42(47)54-37-41(57-43(48)30-28-26-24-22-20-18-16-14-12-10-8-6-4-2)38-56-58(52,53)55-36-35-45-44(49)39-31-33-40(34-32-39)46(50)51/h31-34,41H,3-30,35-38H2,1-2H3,(H,45,49)(H,52,53)/t41-/m1/s1. The van der Waals surface area contributed by atoms with Crippen LogP contribution < -0.4 is 5.32 Å². The Morgan fingerprint density at radius 1 is 0.638 bits per heavy atom. The Labute approximate surface area is 349 Å². The van der Waals surface area contributed by atoms with Crippen molar-refractivity contribution in [3.05, 3.63) is 39.9 Å². The molecule has 2 N–H and O–H groups in total. The Bertz CT molecular complexity index is 1260. The number of unbranched alkanes of at least 4 members (excludes halogenated alkanes) is 24. The van der Waals surface area contributed by atoms with Crippen LogP contribution in [0.25, 0.3) is 0 Å². The van der Waals surface area contributed by atoms with Crippen LogP contribution in [0.15, 0.2) is 24.3 Å². The van der Waals surface area contributed by atoms with Crippen molar-refractivity contribution < 1.29 is 47.3 Å². The van der Waals surface area contributed by atoms with Crippen molar-refractivity contribution in [1.82, 2.24) is 5.32 Å². The van der Waals surface area contributed by atoms with E-state index >= 15 is 0 Å². The molecule has 0 saturated carbocycles. The van der Waals surface area contributed by atoms with Crippen molar-refractivity contribution in [1.29, 1.82) is 0 Å². The second-order valence-corrected chi connectivity index (χ2v) is 16.9. The number of esters is 2. The van der Waals surface area contributed by atoms with Gasteiger partial charge < -0.3 is 19.7 Å². The number of hydrogen-bond donors (Lipinski definition) is 2. The molecule has 2 atom stereocenters. The van der Waals surface area contributed by atoms with Crippen LogP contribution in [0.2, 0.25) is 0 Å². The lowest BCUT2D eigenvalue weighted by Gasteiger charge is -2.20. The fourth-order valence-corrected chi connectivity index (χ4v) is 7.32. The number of ether oxygens (including phenoxy) is 2. The summed E-state index contributed by atoms with van der Waals surface area (Å²) in [6, 6.07) is 4.98. The summed E-state index contributed by atoms with van der Waals surface area (Å²) in [4.78, 5) is 58.1. The van der Waals surface area contributed by atoms with Gasteiger partial charge in [-0.05, 0) is 25.0 Å². The molecule has 0 radical (unpaired) electrons. The predicted molar refractivity (Wildman–Crippen MR) is 229 cm³/mol. The van der Waals surface area contributed by atoms with Crippen LogP contribution in [0.5, 0.6) is 0 Å². The lowest BCUT2D eigenvalue weighted by molar-refractivity contribution is -0.384. The summed E-state index contributed by atoms with van der Waals surface area (Å²) < 4.78 is 33.6. The molecule has 1 aromatic rings. The van der Waals surface area contributed by atoms with Crippen LogP contribution in [-0.2, 0) is 32.7 Å². The first-order chi connectivity index (χ1) is 28.1. The van der Waals surface area contributed by atoms with Crippen molar-refractivity contribution in [3.8, 4) is 0 Å². The molecule has 1 amide bonds. The van der Waals surface area contributed by atoms with E-state index in [2.05, 4.69) is 19.2 Å². The fraction of sp³-hybridized carbons (Fsp3) is 0.795. The van der Waals surface area contributed by atoms with Crippen LogP contribution in [0.4, 0.5) is 5.69 Å². The average molecular weight is 841 g/mol. The summed E-state index contributed by atoms with van der Waals surface area (Å²) >= 11 is 0. The Morgan fingerprint density at radius 2 is 1.05 bits per heavy atom. The zero-order chi connectivity index (χ0) is 42.5. The van der Waals surface area contributed by atoms with Gasteiger partial charge in [0.1, 0.15) is 6.61 Å². The Morgan fingerprint density at radius 3 is 1.48 bits per heavy atom. The highest BCUT2D eigenvalue weighted by Gasteiger charge is 2.26. The van der Waals surface area contributed by atoms with E-state index in [-0.39, 0.29) is 43.9 Å². The van der Waals surface area contributed by atoms with Gasteiger partial charge in [0.05, 0.1) is 18.1 Å². The number of carbonyl (C=O) groups excluding carboxylic acids is 3. The first-order valence-electron chi connectivity index (χ1n) is 22.6. The van der Waals surface area contributed by atoms with Gasteiger partial charge in [0.25, 0.3) is 11.6 Å². The number of nitro benzene ring substituents is 1. The second kappa shape index (κ2) is 36.0. The van der Waals surface area contributed by atoms with E-state index in [1.807, 2.05) is 0 Å². The normalized spacial score (nSPS) is 12.8. The van der Waals surface area contributed by atoms with E-state index in [0.29, 0.717) is 12.8 Å². The summed E-state index contributed by atoms with van der Waals surface area (Å²) in [6.07, 6.45) is 30.1. The van der Waals surface area contributed by atoms with Crippen LogP contribution in [-0.4, -0.2) is 60.1 Å². The van der Waals surface area contributed by atoms with Gasteiger partial charge in [-0.15, -0.1) is 0 Å². The maximum Gasteiger partial charge on any atom is 0.472 e. The minimum Gasteiger partial charge on any atom is -0.462 e. The first-order valence-corrected chi connectivity index (χ1v) is 24.1. The molecule has 0 fully saturated rings. The summed E-state index contributed by atoms with van der Waals surface area (Å²) in [5.74, 6) is -1.50. The summed E-state index contributed by atoms with van der Waals surface area (Å²) in [5.41, 5.74) is 0.00697. The third kappa shape index (κ3) is 31.1. The van der Waals surface area contributed by atoms with Gasteiger partial charge in [0, 0.05) is 37.1 Å². The zero-order valence-corrected chi connectivity index (χ0v) is 36.8. The van der Waals surface area contributed by atoms with E-state index < -0.39 is 43.3 Å². The third-order valence-corrected chi connectivity index (χ3v) is 11.1. The van der Waals surface area contributed by atoms with Crippen LogP contribution in [0, 0.1) is 10.1 Å². The number of amides is 1. The molecule has 0 aromatic heterocycles. The van der Waals surface area contributed by atoms with E-state index in [9.17, 15) is 34.0 Å². The molecule has 0 bridgehead atoms. The maximum atomic E-state index is 12.7. The van der Waals surface area contributed by atoms with Gasteiger partial charge in [-0.2, -0.15) is 0 Å². The Balaban J connectivity index is 2.43. The number of carbonyl (C=O) groups is 3. The van der Waals surface area contributed by atoms with Gasteiger partial charge in [0.2, 0.25) is 0 Å². The molecule has 0 saturated heterocycles. The van der Waals surface area contributed by atoms with Gasteiger partial charge in [-0.1, -0.05) is 168 Å². The number of rotatable bonds is 40. The number of phosphoric acid groups is 1. The Kier molecular flexibility index (Phi) is 33.0. The van der Waals surface area contributed by atoms with Crippen molar-refractivity contribution >= 4 is 31.4 Å². The number of phosphoric ester groups is 1. The lowest BCUT2D eigenvalue weighted by Crippen LogP contribution is -2.30. The van der Waals surface area contributed by atoms with Gasteiger partial charge in [-0.25, -0.2) is 4.57 Å². The molecule has 0 spiro atoms. The summed E-state index contributed by atoms with van der Waals surface area (Å²) in [5, 5.41) is 13.3. The smallest absolute Gasteiger partial charge is 0.462 e. The minimum atomic E-state index is -4.64. The summed E-state index contributed by atoms with van der Waals surface area (Å²) in [7, 11) is -4.64. The van der Waals surface area contributed by atoms with Gasteiger partial charge >= 0.3 is 19.8 Å². The lowest BCUT2D eigenvalue weighted by atomic mass is 10.0. The first kappa shape index (κ1) is 53.2. The molecule has 58 heavy (non-hydrogen) atoms. The topological polar surface area (TPSA) is 181 Å². The van der Waals surface area contributed by atoms with Gasteiger partial charge in [0.15, 0.2) is 6.10 Å². The molecular weight excluding hydrogens is 763 g/mol. The van der Waals surface area contributed by atoms with E-state index in [4.69, 9.17) is 18.5 Å². The molecule has 334 valence electrons. The third-order valence-electron chi connectivity index (χ3n) is 10.1. The van der Waals surface area contributed by atoms with Crippen molar-refractivity contribution in [2.75, 3.05) is 26.4 Å². The molecule has 14 heteroatoms. The molecule has 1 unspecified atom stereocenters. The molecular formula is C44H77N2O11P. The Hall–Kier alpha value is -2.86. The molecule has 1 rings (SSSR count). The molecule has 13 nitrogen and oxygen atoms in total. The highest BCUT2D eigenvalue weighted by Crippen LogP contribution is 2.43. The number of nitro groups is 1.